The molecule has 1 aromatic carbocycles. The Hall–Kier alpha value is -1.50. The van der Waals surface area contributed by atoms with E-state index in [9.17, 15) is 9.18 Å². The van der Waals surface area contributed by atoms with Crippen LogP contribution in [0.1, 0.15) is 10.4 Å². The molecule has 0 spiro atoms. The minimum absolute atomic E-state index is 0. The first kappa shape index (κ1) is 17.6. The molecule has 5 nitrogen and oxygen atoms in total. The van der Waals surface area contributed by atoms with Crippen molar-refractivity contribution in [1.29, 1.82) is 0 Å². The summed E-state index contributed by atoms with van der Waals surface area (Å²) in [6.45, 7) is 2.40. The quantitative estimate of drug-likeness (QED) is 0.895. The normalized spacial score (nSPS) is 13.8. The van der Waals surface area contributed by atoms with Gasteiger partial charge < -0.3 is 10.6 Å². The minimum Gasteiger partial charge on any atom is -0.352 e. The number of nitrogens with zero attached hydrogens (tertiary/aromatic N) is 2. The molecule has 2 aromatic rings. The van der Waals surface area contributed by atoms with Crippen LogP contribution in [0.2, 0.25) is 0 Å². The smallest absolute Gasteiger partial charge is 0.253 e. The fraction of sp³-hybridized carbons (Fsp3) is 0.308. The van der Waals surface area contributed by atoms with E-state index in [1.54, 1.807) is 0 Å². The first-order chi connectivity index (χ1) is 9.24. The van der Waals surface area contributed by atoms with Crippen molar-refractivity contribution in [1.82, 2.24) is 20.6 Å². The zero-order valence-corrected chi connectivity index (χ0v) is 12.6. The SMILES string of the molecule is Cl.Cl.O=C(NCC1CNC1)c1cc(F)cc2nccnc12. The number of benzene rings is 1. The molecule has 2 N–H and O–H groups in total. The summed E-state index contributed by atoms with van der Waals surface area (Å²) in [4.78, 5) is 20.2. The molecular weight excluding hydrogens is 318 g/mol. The molecule has 21 heavy (non-hydrogen) atoms. The molecule has 1 aliphatic heterocycles. The standard InChI is InChI=1S/C13H13FN4O.2ClH/c14-9-3-10(12-11(4-9)16-1-2-17-12)13(19)18-7-8-5-15-6-8;;/h1-4,8,15H,5-7H2,(H,18,19);2*1H. The highest BCUT2D eigenvalue weighted by molar-refractivity contribution is 6.04. The highest BCUT2D eigenvalue weighted by Gasteiger charge is 2.19. The number of carbonyl (C=O) groups is 1. The fourth-order valence-corrected chi connectivity index (χ4v) is 2.04. The van der Waals surface area contributed by atoms with Gasteiger partial charge in [-0.05, 0) is 6.07 Å². The van der Waals surface area contributed by atoms with Gasteiger partial charge in [-0.2, -0.15) is 0 Å². The van der Waals surface area contributed by atoms with E-state index in [2.05, 4.69) is 20.6 Å². The largest absolute Gasteiger partial charge is 0.352 e. The molecule has 1 saturated heterocycles. The number of hydrogen-bond donors (Lipinski definition) is 2. The number of carbonyl (C=O) groups excluding carboxylic acids is 1. The van der Waals surface area contributed by atoms with Gasteiger partial charge in [-0.3, -0.25) is 14.8 Å². The number of amides is 1. The van der Waals surface area contributed by atoms with Crippen molar-refractivity contribution in [2.45, 2.75) is 0 Å². The lowest BCUT2D eigenvalue weighted by Gasteiger charge is -2.27. The van der Waals surface area contributed by atoms with Crippen LogP contribution in [0.25, 0.3) is 11.0 Å². The van der Waals surface area contributed by atoms with Gasteiger partial charge in [0, 0.05) is 44.0 Å². The van der Waals surface area contributed by atoms with Crippen molar-refractivity contribution in [2.24, 2.45) is 5.92 Å². The Labute approximate surface area is 133 Å². The molecule has 1 amide bonds. The summed E-state index contributed by atoms with van der Waals surface area (Å²) in [5.74, 6) is -0.338. The molecule has 1 aromatic heterocycles. The molecule has 0 aliphatic carbocycles. The first-order valence-electron chi connectivity index (χ1n) is 6.13. The average molecular weight is 333 g/mol. The van der Waals surface area contributed by atoms with Crippen molar-refractivity contribution < 1.29 is 9.18 Å². The number of rotatable bonds is 3. The molecule has 114 valence electrons. The van der Waals surface area contributed by atoms with E-state index in [1.165, 1.54) is 24.5 Å². The Morgan fingerprint density at radius 1 is 1.29 bits per heavy atom. The maximum atomic E-state index is 13.5. The third-order valence-corrected chi connectivity index (χ3v) is 3.20. The first-order valence-corrected chi connectivity index (χ1v) is 6.13. The Kier molecular flexibility index (Phi) is 6.26. The minimum atomic E-state index is -0.483. The number of aromatic nitrogens is 2. The maximum Gasteiger partial charge on any atom is 0.253 e. The molecule has 1 fully saturated rings. The van der Waals surface area contributed by atoms with Gasteiger partial charge >= 0.3 is 0 Å². The van der Waals surface area contributed by atoms with Crippen LogP contribution < -0.4 is 10.6 Å². The number of fused-ring (bicyclic) bond motifs is 1. The zero-order chi connectivity index (χ0) is 13.2. The van der Waals surface area contributed by atoms with Gasteiger partial charge in [-0.15, -0.1) is 24.8 Å². The van der Waals surface area contributed by atoms with Crippen molar-refractivity contribution in [3.05, 3.63) is 35.9 Å². The predicted octanol–water partition coefficient (Wildman–Crippen LogP) is 1.56. The Morgan fingerprint density at radius 2 is 2.00 bits per heavy atom. The molecule has 3 rings (SSSR count). The second-order valence-corrected chi connectivity index (χ2v) is 4.61. The van der Waals surface area contributed by atoms with Gasteiger partial charge in [0.25, 0.3) is 5.91 Å². The fourth-order valence-electron chi connectivity index (χ4n) is 2.04. The van der Waals surface area contributed by atoms with Gasteiger partial charge in [0.05, 0.1) is 11.1 Å². The molecule has 0 atom stereocenters. The Morgan fingerprint density at radius 3 is 2.67 bits per heavy atom. The topological polar surface area (TPSA) is 66.9 Å². The number of halogens is 3. The molecule has 1 aliphatic rings. The summed E-state index contributed by atoms with van der Waals surface area (Å²) in [6, 6.07) is 2.47. The van der Waals surface area contributed by atoms with Crippen molar-refractivity contribution in [3.63, 3.8) is 0 Å². The van der Waals surface area contributed by atoms with Crippen LogP contribution in [0.15, 0.2) is 24.5 Å². The zero-order valence-electron chi connectivity index (χ0n) is 11.0. The van der Waals surface area contributed by atoms with E-state index in [1.807, 2.05) is 0 Å². The van der Waals surface area contributed by atoms with Crippen LogP contribution in [-0.2, 0) is 0 Å². The van der Waals surface area contributed by atoms with Crippen LogP contribution in [0.3, 0.4) is 0 Å². The van der Waals surface area contributed by atoms with Gasteiger partial charge in [-0.1, -0.05) is 0 Å². The van der Waals surface area contributed by atoms with Crippen molar-refractivity contribution >= 4 is 41.8 Å². The van der Waals surface area contributed by atoms with Gasteiger partial charge in [0.1, 0.15) is 11.3 Å². The Balaban J connectivity index is 0.00000110. The predicted molar refractivity (Wildman–Crippen MR) is 82.7 cm³/mol. The summed E-state index contributed by atoms with van der Waals surface area (Å²) in [6.07, 6.45) is 2.97. The number of nitrogens with one attached hydrogen (secondary N) is 2. The molecule has 0 unspecified atom stereocenters. The van der Waals surface area contributed by atoms with Crippen LogP contribution in [-0.4, -0.2) is 35.5 Å². The van der Waals surface area contributed by atoms with Crippen molar-refractivity contribution in [2.75, 3.05) is 19.6 Å². The van der Waals surface area contributed by atoms with Gasteiger partial charge in [0.15, 0.2) is 0 Å². The van der Waals surface area contributed by atoms with E-state index in [0.717, 1.165) is 13.1 Å². The van der Waals surface area contributed by atoms with E-state index in [4.69, 9.17) is 0 Å². The monoisotopic (exact) mass is 332 g/mol. The molecule has 0 radical (unpaired) electrons. The molecule has 2 heterocycles. The lowest BCUT2D eigenvalue weighted by atomic mass is 10.0. The van der Waals surface area contributed by atoms with Crippen LogP contribution in [0.4, 0.5) is 4.39 Å². The molecule has 0 bridgehead atoms. The molecule has 8 heteroatoms. The van der Waals surface area contributed by atoms with E-state index in [0.29, 0.717) is 23.5 Å². The van der Waals surface area contributed by atoms with E-state index < -0.39 is 5.82 Å². The lowest BCUT2D eigenvalue weighted by Crippen LogP contribution is -2.48. The second kappa shape index (κ2) is 7.49. The second-order valence-electron chi connectivity index (χ2n) is 4.61. The summed E-state index contributed by atoms with van der Waals surface area (Å²) in [7, 11) is 0. The highest BCUT2D eigenvalue weighted by atomic mass is 35.5. The van der Waals surface area contributed by atoms with Crippen molar-refractivity contribution in [3.8, 4) is 0 Å². The van der Waals surface area contributed by atoms with E-state index in [-0.39, 0.29) is 36.3 Å². The Bertz CT molecular complexity index is 637. The molecular formula is C13H15Cl2FN4O. The van der Waals surface area contributed by atoms with Gasteiger partial charge in [0.2, 0.25) is 0 Å². The third kappa shape index (κ3) is 3.78. The van der Waals surface area contributed by atoms with Crippen LogP contribution >= 0.6 is 24.8 Å². The summed E-state index contributed by atoms with van der Waals surface area (Å²) < 4.78 is 13.5. The summed E-state index contributed by atoms with van der Waals surface area (Å²) >= 11 is 0. The average Bonchev–Trinajstić information content (AvgIpc) is 2.35. The van der Waals surface area contributed by atoms with E-state index >= 15 is 0 Å². The van der Waals surface area contributed by atoms with Crippen LogP contribution in [0.5, 0.6) is 0 Å². The van der Waals surface area contributed by atoms with Crippen LogP contribution in [0, 0.1) is 11.7 Å². The molecule has 0 saturated carbocycles. The lowest BCUT2D eigenvalue weighted by molar-refractivity contribution is 0.0943. The summed E-state index contributed by atoms with van der Waals surface area (Å²) in [5, 5.41) is 5.94. The maximum absolute atomic E-state index is 13.5. The third-order valence-electron chi connectivity index (χ3n) is 3.20. The highest BCUT2D eigenvalue weighted by Crippen LogP contribution is 2.16. The van der Waals surface area contributed by atoms with Gasteiger partial charge in [-0.25, -0.2) is 4.39 Å². The number of hydrogen-bond acceptors (Lipinski definition) is 4. The summed E-state index contributed by atoms with van der Waals surface area (Å²) in [5.41, 5.74) is 1.04.